The Kier molecular flexibility index (Phi) is 5.25. The first-order valence-corrected chi connectivity index (χ1v) is 9.59. The van der Waals surface area contributed by atoms with Gasteiger partial charge in [0.1, 0.15) is 5.75 Å². The molecule has 0 fully saturated rings. The van der Waals surface area contributed by atoms with Gasteiger partial charge >= 0.3 is 0 Å². The average Bonchev–Trinajstić information content (AvgIpc) is 3.21. The van der Waals surface area contributed by atoms with Crippen LogP contribution in [-0.4, -0.2) is 29.0 Å². The Hall–Kier alpha value is -3.32. The number of benzene rings is 3. The number of rotatable bonds is 6. The summed E-state index contributed by atoms with van der Waals surface area (Å²) in [5.41, 5.74) is 1.52. The maximum absolute atomic E-state index is 12.2. The molecule has 0 atom stereocenters. The van der Waals surface area contributed by atoms with Gasteiger partial charge in [-0.15, -0.1) is 10.2 Å². The number of carbonyl (C=O) groups excluding carboxylic acids is 1. The fourth-order valence-electron chi connectivity index (χ4n) is 2.73. The lowest BCUT2D eigenvalue weighted by molar-refractivity contribution is -0.113. The molecule has 0 aliphatic heterocycles. The molecule has 0 bridgehead atoms. The Labute approximate surface area is 165 Å². The molecule has 0 aliphatic carbocycles. The summed E-state index contributed by atoms with van der Waals surface area (Å²) in [6.07, 6.45) is 0. The molecule has 0 radical (unpaired) electrons. The second kappa shape index (κ2) is 8.14. The molecular formula is C21H17N3O3S. The second-order valence-corrected chi connectivity index (χ2v) is 6.93. The van der Waals surface area contributed by atoms with Crippen molar-refractivity contribution in [1.29, 1.82) is 0 Å². The lowest BCUT2D eigenvalue weighted by Gasteiger charge is -2.05. The first-order valence-electron chi connectivity index (χ1n) is 8.61. The van der Waals surface area contributed by atoms with Crippen LogP contribution in [0, 0.1) is 0 Å². The van der Waals surface area contributed by atoms with E-state index in [2.05, 4.69) is 15.5 Å². The number of ether oxygens (including phenoxy) is 1. The fourth-order valence-corrected chi connectivity index (χ4v) is 3.30. The number of nitrogens with one attached hydrogen (secondary N) is 1. The molecule has 4 aromatic rings. The molecule has 0 spiro atoms. The lowest BCUT2D eigenvalue weighted by Crippen LogP contribution is -2.13. The molecular weight excluding hydrogens is 374 g/mol. The summed E-state index contributed by atoms with van der Waals surface area (Å²) in [6.45, 7) is 0. The highest BCUT2D eigenvalue weighted by atomic mass is 32.2. The van der Waals surface area contributed by atoms with Crippen molar-refractivity contribution in [1.82, 2.24) is 10.2 Å². The first-order chi connectivity index (χ1) is 13.7. The molecule has 1 aromatic heterocycles. The predicted octanol–water partition coefficient (Wildman–Crippen LogP) is 4.63. The molecule has 0 aliphatic rings. The summed E-state index contributed by atoms with van der Waals surface area (Å²) in [7, 11) is 1.60. The SMILES string of the molecule is COc1cccc(-c2nnc(SCC(=O)Nc3ccc4ccccc4c3)o2)c1. The molecule has 1 heterocycles. The van der Waals surface area contributed by atoms with Gasteiger partial charge < -0.3 is 14.5 Å². The maximum Gasteiger partial charge on any atom is 0.277 e. The molecule has 0 saturated heterocycles. The third kappa shape index (κ3) is 4.15. The van der Waals surface area contributed by atoms with E-state index >= 15 is 0 Å². The number of hydrogen-bond acceptors (Lipinski definition) is 6. The molecule has 1 N–H and O–H groups in total. The number of methoxy groups -OCH3 is 1. The van der Waals surface area contributed by atoms with Crippen LogP contribution in [0.4, 0.5) is 5.69 Å². The topological polar surface area (TPSA) is 77.2 Å². The van der Waals surface area contributed by atoms with E-state index in [0.29, 0.717) is 16.9 Å². The number of carbonyl (C=O) groups is 1. The number of anilines is 1. The van der Waals surface area contributed by atoms with Gasteiger partial charge in [0.15, 0.2) is 0 Å². The van der Waals surface area contributed by atoms with Gasteiger partial charge in [-0.2, -0.15) is 0 Å². The Bertz CT molecular complexity index is 1130. The van der Waals surface area contributed by atoms with Gasteiger partial charge in [-0.05, 0) is 41.1 Å². The highest BCUT2D eigenvalue weighted by Gasteiger charge is 2.12. The Morgan fingerprint density at radius 2 is 1.89 bits per heavy atom. The van der Waals surface area contributed by atoms with Crippen LogP contribution in [0.3, 0.4) is 0 Å². The van der Waals surface area contributed by atoms with Gasteiger partial charge in [-0.3, -0.25) is 4.79 Å². The van der Waals surface area contributed by atoms with E-state index in [4.69, 9.17) is 9.15 Å². The molecule has 1 amide bonds. The Balaban J connectivity index is 1.37. The van der Waals surface area contributed by atoms with Crippen molar-refractivity contribution < 1.29 is 13.9 Å². The quantitative estimate of drug-likeness (QED) is 0.483. The van der Waals surface area contributed by atoms with Crippen LogP contribution in [0.1, 0.15) is 0 Å². The van der Waals surface area contributed by atoms with Gasteiger partial charge in [0, 0.05) is 11.3 Å². The van der Waals surface area contributed by atoms with Crippen molar-refractivity contribution in [3.63, 3.8) is 0 Å². The summed E-state index contributed by atoms with van der Waals surface area (Å²) in [4.78, 5) is 12.2. The molecule has 28 heavy (non-hydrogen) atoms. The van der Waals surface area contributed by atoms with Crippen molar-refractivity contribution in [2.24, 2.45) is 0 Å². The van der Waals surface area contributed by atoms with Gasteiger partial charge in [0.2, 0.25) is 11.8 Å². The maximum atomic E-state index is 12.2. The van der Waals surface area contributed by atoms with Crippen LogP contribution in [0.25, 0.3) is 22.2 Å². The number of hydrogen-bond donors (Lipinski definition) is 1. The lowest BCUT2D eigenvalue weighted by atomic mass is 10.1. The van der Waals surface area contributed by atoms with E-state index in [1.54, 1.807) is 7.11 Å². The monoisotopic (exact) mass is 391 g/mol. The second-order valence-electron chi connectivity index (χ2n) is 6.00. The van der Waals surface area contributed by atoms with Gasteiger partial charge in [0.05, 0.1) is 12.9 Å². The number of amides is 1. The highest BCUT2D eigenvalue weighted by Crippen LogP contribution is 2.26. The van der Waals surface area contributed by atoms with Gasteiger partial charge in [-0.25, -0.2) is 0 Å². The van der Waals surface area contributed by atoms with Crippen molar-refractivity contribution >= 4 is 34.1 Å². The van der Waals surface area contributed by atoms with E-state index < -0.39 is 0 Å². The van der Waals surface area contributed by atoms with Gasteiger partial charge in [0.25, 0.3) is 5.22 Å². The molecule has 6 nitrogen and oxygen atoms in total. The standard InChI is InChI=1S/C21H17N3O3S/c1-26-18-8-4-7-16(12-18)20-23-24-21(27-20)28-13-19(25)22-17-10-9-14-5-2-3-6-15(14)11-17/h2-12H,13H2,1H3,(H,22,25). The Morgan fingerprint density at radius 1 is 1.04 bits per heavy atom. The van der Waals surface area contributed by atoms with E-state index in [1.807, 2.05) is 66.7 Å². The molecule has 3 aromatic carbocycles. The summed E-state index contributed by atoms with van der Waals surface area (Å²) in [5.74, 6) is 1.13. The summed E-state index contributed by atoms with van der Waals surface area (Å²) < 4.78 is 10.8. The van der Waals surface area contributed by atoms with Crippen LogP contribution in [0.5, 0.6) is 5.75 Å². The molecule has 4 rings (SSSR count). The van der Waals surface area contributed by atoms with E-state index in [1.165, 1.54) is 11.8 Å². The van der Waals surface area contributed by atoms with Crippen LogP contribution in [-0.2, 0) is 4.79 Å². The van der Waals surface area contributed by atoms with Crippen LogP contribution in [0.2, 0.25) is 0 Å². The van der Waals surface area contributed by atoms with Crippen molar-refractivity contribution in [2.45, 2.75) is 5.22 Å². The van der Waals surface area contributed by atoms with Crippen molar-refractivity contribution in [3.8, 4) is 17.2 Å². The minimum atomic E-state index is -0.138. The zero-order chi connectivity index (χ0) is 19.3. The molecule has 0 saturated carbocycles. The van der Waals surface area contributed by atoms with Crippen molar-refractivity contribution in [2.75, 3.05) is 18.2 Å². The zero-order valence-corrected chi connectivity index (χ0v) is 15.9. The Morgan fingerprint density at radius 3 is 2.75 bits per heavy atom. The predicted molar refractivity (Wildman–Crippen MR) is 110 cm³/mol. The highest BCUT2D eigenvalue weighted by molar-refractivity contribution is 7.99. The third-order valence-electron chi connectivity index (χ3n) is 4.08. The average molecular weight is 391 g/mol. The zero-order valence-electron chi connectivity index (χ0n) is 15.1. The fraction of sp³-hybridized carbons (Fsp3) is 0.0952. The minimum Gasteiger partial charge on any atom is -0.497 e. The molecule has 0 unspecified atom stereocenters. The number of nitrogens with zero attached hydrogens (tertiary/aromatic N) is 2. The number of thioether (sulfide) groups is 1. The number of aromatic nitrogens is 2. The van der Waals surface area contributed by atoms with E-state index in [9.17, 15) is 4.79 Å². The van der Waals surface area contributed by atoms with E-state index in [0.717, 1.165) is 22.0 Å². The van der Waals surface area contributed by atoms with Crippen molar-refractivity contribution in [3.05, 3.63) is 66.7 Å². The summed E-state index contributed by atoms with van der Waals surface area (Å²) >= 11 is 1.19. The number of fused-ring (bicyclic) bond motifs is 1. The van der Waals surface area contributed by atoms with Gasteiger partial charge in [-0.1, -0.05) is 48.2 Å². The largest absolute Gasteiger partial charge is 0.497 e. The first kappa shape index (κ1) is 18.1. The smallest absolute Gasteiger partial charge is 0.277 e. The van der Waals surface area contributed by atoms with Crippen LogP contribution < -0.4 is 10.1 Å². The van der Waals surface area contributed by atoms with Crippen LogP contribution >= 0.6 is 11.8 Å². The minimum absolute atomic E-state index is 0.138. The summed E-state index contributed by atoms with van der Waals surface area (Å²) in [5, 5.41) is 13.5. The summed E-state index contributed by atoms with van der Waals surface area (Å²) in [6, 6.07) is 21.2. The third-order valence-corrected chi connectivity index (χ3v) is 4.90. The normalized spacial score (nSPS) is 10.8. The molecule has 140 valence electrons. The van der Waals surface area contributed by atoms with Crippen LogP contribution in [0.15, 0.2) is 76.4 Å². The van der Waals surface area contributed by atoms with E-state index in [-0.39, 0.29) is 11.7 Å². The molecule has 7 heteroatoms.